The van der Waals surface area contributed by atoms with Crippen molar-refractivity contribution in [2.45, 2.75) is 45.2 Å². The van der Waals surface area contributed by atoms with E-state index in [1.165, 1.54) is 12.8 Å². The minimum absolute atomic E-state index is 0.251. The standard InChI is InChI=1S/C15H24N4/c1-11(2)14-8-18-15(3,12-4-5-12)9-19(14)13-6-16-10-17-7-13/h6-7,10-12,14,18H,4-5,8-9H2,1-3H3. The highest BCUT2D eigenvalue weighted by Crippen LogP contribution is 2.42. The Morgan fingerprint density at radius 3 is 2.58 bits per heavy atom. The van der Waals surface area contributed by atoms with Gasteiger partial charge in [-0.1, -0.05) is 13.8 Å². The molecule has 2 fully saturated rings. The van der Waals surface area contributed by atoms with Gasteiger partial charge in [0.2, 0.25) is 0 Å². The van der Waals surface area contributed by atoms with Gasteiger partial charge >= 0.3 is 0 Å². The van der Waals surface area contributed by atoms with Crippen molar-refractivity contribution in [2.24, 2.45) is 11.8 Å². The van der Waals surface area contributed by atoms with Gasteiger partial charge < -0.3 is 10.2 Å². The maximum atomic E-state index is 4.19. The minimum Gasteiger partial charge on any atom is -0.363 e. The van der Waals surface area contributed by atoms with Crippen LogP contribution in [-0.2, 0) is 0 Å². The summed E-state index contributed by atoms with van der Waals surface area (Å²) < 4.78 is 0. The highest BCUT2D eigenvalue weighted by molar-refractivity contribution is 5.45. The first-order valence-electron chi connectivity index (χ1n) is 7.37. The molecule has 2 aliphatic rings. The largest absolute Gasteiger partial charge is 0.363 e. The Labute approximate surface area is 115 Å². The van der Waals surface area contributed by atoms with E-state index in [0.717, 1.165) is 24.7 Å². The third-order valence-corrected chi connectivity index (χ3v) is 4.74. The molecule has 1 saturated heterocycles. The van der Waals surface area contributed by atoms with Gasteiger partial charge in [0.25, 0.3) is 0 Å². The maximum absolute atomic E-state index is 4.19. The van der Waals surface area contributed by atoms with E-state index in [2.05, 4.69) is 41.0 Å². The van der Waals surface area contributed by atoms with Crippen molar-refractivity contribution in [3.05, 3.63) is 18.7 Å². The van der Waals surface area contributed by atoms with Crippen LogP contribution in [0.3, 0.4) is 0 Å². The van der Waals surface area contributed by atoms with Gasteiger partial charge in [-0.15, -0.1) is 0 Å². The minimum atomic E-state index is 0.251. The molecule has 2 atom stereocenters. The van der Waals surface area contributed by atoms with Crippen LogP contribution in [0.4, 0.5) is 5.69 Å². The van der Waals surface area contributed by atoms with Crippen LogP contribution in [0, 0.1) is 11.8 Å². The quantitative estimate of drug-likeness (QED) is 0.903. The first-order chi connectivity index (χ1) is 9.10. The van der Waals surface area contributed by atoms with Gasteiger partial charge in [-0.05, 0) is 31.6 Å². The van der Waals surface area contributed by atoms with Gasteiger partial charge in [0.1, 0.15) is 6.33 Å². The Bertz CT molecular complexity index is 429. The van der Waals surface area contributed by atoms with Crippen molar-refractivity contribution in [1.29, 1.82) is 0 Å². The molecular formula is C15H24N4. The van der Waals surface area contributed by atoms with Gasteiger partial charge in [-0.2, -0.15) is 0 Å². The number of anilines is 1. The molecule has 4 nitrogen and oxygen atoms in total. The molecule has 1 aromatic heterocycles. The van der Waals surface area contributed by atoms with Crippen molar-refractivity contribution in [1.82, 2.24) is 15.3 Å². The summed E-state index contributed by atoms with van der Waals surface area (Å²) >= 11 is 0. The van der Waals surface area contributed by atoms with Crippen LogP contribution in [0.1, 0.15) is 33.6 Å². The predicted octanol–water partition coefficient (Wildman–Crippen LogP) is 2.08. The summed E-state index contributed by atoms with van der Waals surface area (Å²) in [5, 5.41) is 3.81. The van der Waals surface area contributed by atoms with Gasteiger partial charge in [-0.3, -0.25) is 0 Å². The molecule has 1 aromatic rings. The SMILES string of the molecule is CC(C)C1CNC(C)(C2CC2)CN1c1cncnc1. The molecule has 19 heavy (non-hydrogen) atoms. The highest BCUT2D eigenvalue weighted by Gasteiger charge is 2.46. The zero-order chi connectivity index (χ0) is 13.5. The molecule has 2 unspecified atom stereocenters. The number of nitrogens with zero attached hydrogens (tertiary/aromatic N) is 3. The molecule has 1 saturated carbocycles. The zero-order valence-electron chi connectivity index (χ0n) is 12.1. The fourth-order valence-corrected chi connectivity index (χ4v) is 3.29. The van der Waals surface area contributed by atoms with E-state index in [4.69, 9.17) is 0 Å². The predicted molar refractivity (Wildman–Crippen MR) is 77.1 cm³/mol. The van der Waals surface area contributed by atoms with Crippen LogP contribution >= 0.6 is 0 Å². The third kappa shape index (κ3) is 2.46. The van der Waals surface area contributed by atoms with Crippen LogP contribution in [0.2, 0.25) is 0 Å². The van der Waals surface area contributed by atoms with Crippen LogP contribution in [0.5, 0.6) is 0 Å². The van der Waals surface area contributed by atoms with Crippen LogP contribution in [0.15, 0.2) is 18.7 Å². The van der Waals surface area contributed by atoms with Crippen molar-refractivity contribution < 1.29 is 0 Å². The van der Waals surface area contributed by atoms with Gasteiger partial charge in [0.05, 0.1) is 18.1 Å². The van der Waals surface area contributed by atoms with E-state index in [9.17, 15) is 0 Å². The lowest BCUT2D eigenvalue weighted by Gasteiger charge is -2.49. The number of hydrogen-bond donors (Lipinski definition) is 1. The van der Waals surface area contributed by atoms with E-state index < -0.39 is 0 Å². The monoisotopic (exact) mass is 260 g/mol. The van der Waals surface area contributed by atoms with E-state index in [1.54, 1.807) is 6.33 Å². The number of aromatic nitrogens is 2. The molecule has 0 bridgehead atoms. The molecule has 104 valence electrons. The average Bonchev–Trinajstić information content (AvgIpc) is 3.24. The van der Waals surface area contributed by atoms with Crippen molar-refractivity contribution in [2.75, 3.05) is 18.0 Å². The molecule has 1 aliphatic carbocycles. The van der Waals surface area contributed by atoms with E-state index in [1.807, 2.05) is 12.4 Å². The van der Waals surface area contributed by atoms with Gasteiger partial charge in [0, 0.05) is 24.7 Å². The van der Waals surface area contributed by atoms with E-state index >= 15 is 0 Å². The second kappa shape index (κ2) is 4.75. The smallest absolute Gasteiger partial charge is 0.115 e. The molecule has 2 heterocycles. The van der Waals surface area contributed by atoms with E-state index in [-0.39, 0.29) is 5.54 Å². The Morgan fingerprint density at radius 1 is 1.32 bits per heavy atom. The fraction of sp³-hybridized carbons (Fsp3) is 0.733. The second-order valence-corrected chi connectivity index (χ2v) is 6.61. The lowest BCUT2D eigenvalue weighted by atomic mass is 9.88. The van der Waals surface area contributed by atoms with Crippen molar-refractivity contribution in [3.8, 4) is 0 Å². The lowest BCUT2D eigenvalue weighted by Crippen LogP contribution is -2.65. The second-order valence-electron chi connectivity index (χ2n) is 6.61. The number of piperazine rings is 1. The number of nitrogens with one attached hydrogen (secondary N) is 1. The summed E-state index contributed by atoms with van der Waals surface area (Å²) in [4.78, 5) is 10.9. The Balaban J connectivity index is 1.86. The summed E-state index contributed by atoms with van der Waals surface area (Å²) in [5.74, 6) is 1.46. The molecule has 3 rings (SSSR count). The molecular weight excluding hydrogens is 236 g/mol. The fourth-order valence-electron chi connectivity index (χ4n) is 3.29. The summed E-state index contributed by atoms with van der Waals surface area (Å²) in [6, 6.07) is 0.526. The molecule has 1 aliphatic heterocycles. The molecule has 0 spiro atoms. The van der Waals surface area contributed by atoms with Crippen molar-refractivity contribution >= 4 is 5.69 Å². The Morgan fingerprint density at radius 2 is 2.00 bits per heavy atom. The molecule has 0 radical (unpaired) electrons. The zero-order valence-corrected chi connectivity index (χ0v) is 12.1. The van der Waals surface area contributed by atoms with Gasteiger partial charge in [-0.25, -0.2) is 9.97 Å². The Kier molecular flexibility index (Phi) is 3.21. The molecule has 4 heteroatoms. The molecule has 1 N–H and O–H groups in total. The van der Waals surface area contributed by atoms with Crippen molar-refractivity contribution in [3.63, 3.8) is 0 Å². The molecule has 0 aromatic carbocycles. The van der Waals surface area contributed by atoms with Crippen LogP contribution < -0.4 is 10.2 Å². The normalized spacial score (nSPS) is 31.8. The average molecular weight is 260 g/mol. The van der Waals surface area contributed by atoms with Crippen LogP contribution in [0.25, 0.3) is 0 Å². The number of rotatable bonds is 3. The Hall–Kier alpha value is -1.16. The van der Waals surface area contributed by atoms with E-state index in [0.29, 0.717) is 12.0 Å². The third-order valence-electron chi connectivity index (χ3n) is 4.74. The topological polar surface area (TPSA) is 41.0 Å². The first-order valence-corrected chi connectivity index (χ1v) is 7.37. The van der Waals surface area contributed by atoms with Crippen LogP contribution in [-0.4, -0.2) is 34.6 Å². The summed E-state index contributed by atoms with van der Waals surface area (Å²) in [5.41, 5.74) is 1.41. The molecule has 0 amide bonds. The maximum Gasteiger partial charge on any atom is 0.115 e. The lowest BCUT2D eigenvalue weighted by molar-refractivity contribution is 0.233. The summed E-state index contributed by atoms with van der Waals surface area (Å²) in [6.45, 7) is 9.08. The first kappa shape index (κ1) is 12.9. The summed E-state index contributed by atoms with van der Waals surface area (Å²) in [6.07, 6.45) is 8.24. The van der Waals surface area contributed by atoms with Gasteiger partial charge in [0.15, 0.2) is 0 Å². The summed E-state index contributed by atoms with van der Waals surface area (Å²) in [7, 11) is 0. The highest BCUT2D eigenvalue weighted by atomic mass is 15.3. The number of hydrogen-bond acceptors (Lipinski definition) is 4.